The zero-order valence-electron chi connectivity index (χ0n) is 16.2. The Bertz CT molecular complexity index is 490. The number of epoxide rings is 1. The molecule has 1 atom stereocenters. The fourth-order valence-electron chi connectivity index (χ4n) is 0.972. The molecule has 0 saturated carbocycles. The van der Waals surface area contributed by atoms with Crippen molar-refractivity contribution in [2.45, 2.75) is 39.7 Å². The molecule has 7 heteroatoms. The summed E-state index contributed by atoms with van der Waals surface area (Å²) in [5.41, 5.74) is 0.900. The molecule has 1 rings (SSSR count). The normalized spacial score (nSPS) is 13.5. The lowest BCUT2D eigenvalue weighted by atomic mass is 10.3. The first-order valence-corrected chi connectivity index (χ1v) is 8.16. The van der Waals surface area contributed by atoms with Crippen LogP contribution in [0, 0.1) is 0 Å². The fraction of sp³-hybridized carbons (Fsp3) is 0.526. The summed E-state index contributed by atoms with van der Waals surface area (Å²) in [5, 5.41) is 0. The maximum absolute atomic E-state index is 10.7. The van der Waals surface area contributed by atoms with E-state index in [1.54, 1.807) is 13.8 Å². The van der Waals surface area contributed by atoms with Gasteiger partial charge in [-0.15, -0.1) is 0 Å². The highest BCUT2D eigenvalue weighted by atomic mass is 16.6. The van der Waals surface area contributed by atoms with Crippen LogP contribution in [-0.2, 0) is 33.3 Å². The zero-order chi connectivity index (χ0) is 20.5. The Morgan fingerprint density at radius 3 is 1.92 bits per heavy atom. The molecule has 0 spiro atoms. The van der Waals surface area contributed by atoms with Crippen molar-refractivity contribution >= 4 is 17.9 Å². The van der Waals surface area contributed by atoms with Gasteiger partial charge in [-0.3, -0.25) is 0 Å². The van der Waals surface area contributed by atoms with Gasteiger partial charge in [0.15, 0.2) is 0 Å². The van der Waals surface area contributed by atoms with Crippen molar-refractivity contribution in [2.75, 3.05) is 26.9 Å². The average molecular weight is 370 g/mol. The molecule has 0 aliphatic carbocycles. The van der Waals surface area contributed by atoms with Gasteiger partial charge in [0.25, 0.3) is 0 Å². The molecule has 1 heterocycles. The smallest absolute Gasteiger partial charge is 0.333 e. The van der Waals surface area contributed by atoms with Crippen LogP contribution < -0.4 is 0 Å². The van der Waals surface area contributed by atoms with E-state index in [4.69, 9.17) is 14.2 Å². The Kier molecular flexibility index (Phi) is 16.0. The summed E-state index contributed by atoms with van der Waals surface area (Å²) in [6.07, 6.45) is 3.23. The van der Waals surface area contributed by atoms with Crippen molar-refractivity contribution in [2.24, 2.45) is 0 Å². The van der Waals surface area contributed by atoms with E-state index in [9.17, 15) is 14.4 Å². The number of esters is 3. The standard InChI is InChI=1S/C8H14O2.C7H10O3.C4H6O2/c1-4-5-6-10-8(9)7(2)3;1-5(2)7(8)10-4-6-3-9-6;1-3-4(5)6-2/h2,4-6H2,1,3H3;6H,1,3-4H2,2H3;3H,1H2,2H3. The van der Waals surface area contributed by atoms with Gasteiger partial charge in [0.2, 0.25) is 0 Å². The highest BCUT2D eigenvalue weighted by Crippen LogP contribution is 2.09. The summed E-state index contributed by atoms with van der Waals surface area (Å²) >= 11 is 0. The van der Waals surface area contributed by atoms with Gasteiger partial charge in [0.05, 0.1) is 20.3 Å². The zero-order valence-corrected chi connectivity index (χ0v) is 16.2. The second-order valence-corrected chi connectivity index (χ2v) is 5.33. The van der Waals surface area contributed by atoms with Crippen LogP contribution in [0.3, 0.4) is 0 Å². The Labute approximate surface area is 155 Å². The first-order valence-electron chi connectivity index (χ1n) is 8.16. The fourth-order valence-corrected chi connectivity index (χ4v) is 0.972. The highest BCUT2D eigenvalue weighted by Gasteiger charge is 2.24. The van der Waals surface area contributed by atoms with Crippen molar-refractivity contribution in [3.05, 3.63) is 37.0 Å². The van der Waals surface area contributed by atoms with Crippen molar-refractivity contribution in [1.29, 1.82) is 0 Å². The molecule has 1 fully saturated rings. The summed E-state index contributed by atoms with van der Waals surface area (Å²) in [7, 11) is 1.31. The van der Waals surface area contributed by atoms with Crippen molar-refractivity contribution < 1.29 is 33.3 Å². The van der Waals surface area contributed by atoms with E-state index >= 15 is 0 Å². The van der Waals surface area contributed by atoms with Crippen LogP contribution in [0.4, 0.5) is 0 Å². The maximum atomic E-state index is 10.7. The minimum absolute atomic E-state index is 0.142. The molecule has 0 radical (unpaired) electrons. The first-order chi connectivity index (χ1) is 12.2. The van der Waals surface area contributed by atoms with Gasteiger partial charge in [0, 0.05) is 17.2 Å². The third-order valence-corrected chi connectivity index (χ3v) is 2.60. The highest BCUT2D eigenvalue weighted by molar-refractivity contribution is 5.87. The largest absolute Gasteiger partial charge is 0.466 e. The Morgan fingerprint density at radius 2 is 1.62 bits per heavy atom. The number of methoxy groups -OCH3 is 1. The Balaban J connectivity index is 0. The number of hydrogen-bond donors (Lipinski definition) is 0. The molecular formula is C19H30O7. The summed E-state index contributed by atoms with van der Waals surface area (Å²) in [6.45, 7) is 17.0. The van der Waals surface area contributed by atoms with Crippen molar-refractivity contribution in [3.8, 4) is 0 Å². The molecule has 0 aromatic rings. The second-order valence-electron chi connectivity index (χ2n) is 5.33. The van der Waals surface area contributed by atoms with Gasteiger partial charge >= 0.3 is 17.9 Å². The van der Waals surface area contributed by atoms with E-state index in [1.165, 1.54) is 7.11 Å². The molecule has 0 bridgehead atoms. The van der Waals surface area contributed by atoms with Crippen molar-refractivity contribution in [1.82, 2.24) is 0 Å². The van der Waals surface area contributed by atoms with Crippen LogP contribution in [-0.4, -0.2) is 50.9 Å². The van der Waals surface area contributed by atoms with Gasteiger partial charge in [-0.25, -0.2) is 14.4 Å². The van der Waals surface area contributed by atoms with Gasteiger partial charge in [0.1, 0.15) is 12.7 Å². The predicted octanol–water partition coefficient (Wildman–Crippen LogP) is 2.76. The number of rotatable bonds is 8. The summed E-state index contributed by atoms with van der Waals surface area (Å²) in [4.78, 5) is 31.2. The lowest BCUT2D eigenvalue weighted by Gasteiger charge is -2.01. The molecule has 0 aromatic carbocycles. The monoisotopic (exact) mass is 370 g/mol. The number of carbonyl (C=O) groups excluding carboxylic acids is 3. The molecule has 1 saturated heterocycles. The summed E-state index contributed by atoms with van der Waals surface area (Å²) in [5.74, 6) is -1.01. The quantitative estimate of drug-likeness (QED) is 0.213. The van der Waals surface area contributed by atoms with Gasteiger partial charge < -0.3 is 18.9 Å². The number of unbranched alkanes of at least 4 members (excludes halogenated alkanes) is 1. The van der Waals surface area contributed by atoms with Crippen LogP contribution in [0.2, 0.25) is 0 Å². The summed E-state index contributed by atoms with van der Waals surface area (Å²) in [6, 6.07) is 0. The van der Waals surface area contributed by atoms with Crippen LogP contribution in [0.25, 0.3) is 0 Å². The number of hydrogen-bond acceptors (Lipinski definition) is 7. The predicted molar refractivity (Wildman–Crippen MR) is 98.4 cm³/mol. The van der Waals surface area contributed by atoms with Gasteiger partial charge in [-0.1, -0.05) is 33.1 Å². The Hall–Kier alpha value is -2.41. The molecule has 0 N–H and O–H groups in total. The SMILES string of the molecule is C=C(C)C(=O)OCC1CO1.C=C(C)C(=O)OCCCC.C=CC(=O)OC. The minimum Gasteiger partial charge on any atom is -0.466 e. The molecule has 148 valence electrons. The molecular weight excluding hydrogens is 340 g/mol. The van der Waals surface area contributed by atoms with Gasteiger partial charge in [-0.2, -0.15) is 0 Å². The second kappa shape index (κ2) is 16.1. The Morgan fingerprint density at radius 1 is 1.12 bits per heavy atom. The third-order valence-electron chi connectivity index (χ3n) is 2.60. The van der Waals surface area contributed by atoms with Gasteiger partial charge in [-0.05, 0) is 20.3 Å². The van der Waals surface area contributed by atoms with E-state index in [0.29, 0.717) is 31.0 Å². The topological polar surface area (TPSA) is 91.4 Å². The van der Waals surface area contributed by atoms with E-state index in [2.05, 4.69) is 31.4 Å². The lowest BCUT2D eigenvalue weighted by molar-refractivity contribution is -0.140. The minimum atomic E-state index is -0.394. The van der Waals surface area contributed by atoms with Crippen LogP contribution in [0.15, 0.2) is 37.0 Å². The van der Waals surface area contributed by atoms with Crippen LogP contribution in [0.1, 0.15) is 33.6 Å². The molecule has 0 amide bonds. The molecule has 0 aromatic heterocycles. The molecule has 1 aliphatic rings. The van der Waals surface area contributed by atoms with E-state index < -0.39 is 5.97 Å². The molecule has 26 heavy (non-hydrogen) atoms. The number of ether oxygens (including phenoxy) is 4. The lowest BCUT2D eigenvalue weighted by Crippen LogP contribution is -2.09. The van der Waals surface area contributed by atoms with Crippen molar-refractivity contribution in [3.63, 3.8) is 0 Å². The van der Waals surface area contributed by atoms with Crippen LogP contribution in [0.5, 0.6) is 0 Å². The van der Waals surface area contributed by atoms with E-state index in [1.807, 2.05) is 0 Å². The molecule has 7 nitrogen and oxygen atoms in total. The van der Waals surface area contributed by atoms with Crippen LogP contribution >= 0.6 is 0 Å². The van der Waals surface area contributed by atoms with E-state index in [0.717, 1.165) is 18.9 Å². The molecule has 1 unspecified atom stereocenters. The van der Waals surface area contributed by atoms with E-state index in [-0.39, 0.29) is 18.0 Å². The maximum Gasteiger partial charge on any atom is 0.333 e. The average Bonchev–Trinajstić information content (AvgIpc) is 3.44. The third kappa shape index (κ3) is 17.9. The number of carbonyl (C=O) groups is 3. The molecule has 1 aliphatic heterocycles. The first kappa shape index (κ1) is 25.8. The summed E-state index contributed by atoms with van der Waals surface area (Å²) < 4.78 is 18.5.